The number of aryl methyl sites for hydroxylation is 1. The van der Waals surface area contributed by atoms with Gasteiger partial charge in [-0.25, -0.2) is 9.97 Å². The van der Waals surface area contributed by atoms with Crippen molar-refractivity contribution in [3.8, 4) is 0 Å². The maximum Gasteiger partial charge on any atom is 0.275 e. The molecule has 0 radical (unpaired) electrons. The van der Waals surface area contributed by atoms with Gasteiger partial charge in [-0.1, -0.05) is 12.8 Å². The highest BCUT2D eigenvalue weighted by Crippen LogP contribution is 2.45. The molecule has 0 atom stereocenters. The number of carbonyl (C=O) groups is 1. The molecule has 0 amide bonds. The number of carbonyl (C=O) groups excluding carboxylic acids is 1. The fourth-order valence-corrected chi connectivity index (χ4v) is 4.37. The summed E-state index contributed by atoms with van der Waals surface area (Å²) in [4.78, 5) is 34.1. The highest BCUT2D eigenvalue weighted by atomic mass is 16.3. The van der Waals surface area contributed by atoms with Crippen LogP contribution in [0.4, 0.5) is 17.3 Å². The number of rotatable bonds is 5. The van der Waals surface area contributed by atoms with Crippen molar-refractivity contribution in [2.75, 3.05) is 23.8 Å². The lowest BCUT2D eigenvalue weighted by molar-refractivity contribution is 0.0970. The first-order valence-electron chi connectivity index (χ1n) is 9.28. The molecule has 142 valence electrons. The summed E-state index contributed by atoms with van der Waals surface area (Å²) < 4.78 is 1.74. The summed E-state index contributed by atoms with van der Waals surface area (Å²) >= 11 is 0. The summed E-state index contributed by atoms with van der Waals surface area (Å²) in [5.41, 5.74) is 1.24. The number of fused-ring (bicyclic) bond motifs is 2. The summed E-state index contributed by atoms with van der Waals surface area (Å²) in [5.74, 6) is 1.10. The van der Waals surface area contributed by atoms with E-state index in [1.54, 1.807) is 16.7 Å². The van der Waals surface area contributed by atoms with E-state index in [2.05, 4.69) is 20.6 Å². The lowest BCUT2D eigenvalue weighted by Crippen LogP contribution is -2.37. The Balaban J connectivity index is 1.73. The van der Waals surface area contributed by atoms with Crippen LogP contribution >= 0.6 is 0 Å². The second-order valence-electron chi connectivity index (χ2n) is 7.33. The van der Waals surface area contributed by atoms with Crippen LogP contribution in [0.1, 0.15) is 48.2 Å². The Morgan fingerprint density at radius 1 is 1.19 bits per heavy atom. The molecule has 1 aliphatic heterocycles. The quantitative estimate of drug-likeness (QED) is 0.739. The average Bonchev–Trinajstić information content (AvgIpc) is 3.23. The molecule has 1 spiro atoms. The predicted octanol–water partition coefficient (Wildman–Crippen LogP) is 1.95. The summed E-state index contributed by atoms with van der Waals surface area (Å²) in [5, 5.41) is 15.0. The maximum absolute atomic E-state index is 13.2. The van der Waals surface area contributed by atoms with Gasteiger partial charge in [0.25, 0.3) is 5.56 Å². The molecule has 1 saturated carbocycles. The highest BCUT2D eigenvalue weighted by molar-refractivity contribution is 5.99. The van der Waals surface area contributed by atoms with Gasteiger partial charge >= 0.3 is 0 Å². The molecule has 3 N–H and O–H groups in total. The van der Waals surface area contributed by atoms with Gasteiger partial charge in [-0.3, -0.25) is 14.2 Å². The van der Waals surface area contributed by atoms with Crippen molar-refractivity contribution in [3.63, 3.8) is 0 Å². The minimum Gasteiger partial charge on any atom is -0.395 e. The summed E-state index contributed by atoms with van der Waals surface area (Å²) in [6.45, 7) is 2.24. The third-order valence-corrected chi connectivity index (χ3v) is 5.50. The number of nitrogens with one attached hydrogen (secondary N) is 2. The first kappa shape index (κ1) is 17.7. The van der Waals surface area contributed by atoms with Crippen LogP contribution in [0.25, 0.3) is 0 Å². The monoisotopic (exact) mass is 369 g/mol. The number of pyridine rings is 1. The molecule has 3 heterocycles. The number of hydrogen-bond acceptors (Lipinski definition) is 7. The number of aliphatic hydroxyl groups excluding tert-OH is 1. The number of nitrogens with zero attached hydrogens (tertiary/aromatic N) is 3. The molecule has 8 nitrogen and oxygen atoms in total. The van der Waals surface area contributed by atoms with Crippen LogP contribution in [0, 0.1) is 6.92 Å². The van der Waals surface area contributed by atoms with Crippen LogP contribution in [0.3, 0.4) is 0 Å². The number of anilines is 3. The van der Waals surface area contributed by atoms with E-state index >= 15 is 0 Å². The summed E-state index contributed by atoms with van der Waals surface area (Å²) in [7, 11) is 0. The second-order valence-corrected chi connectivity index (χ2v) is 7.33. The zero-order valence-corrected chi connectivity index (χ0v) is 15.3. The fraction of sp³-hybridized carbons (Fsp3) is 0.474. The molecular weight excluding hydrogens is 346 g/mol. The molecule has 1 fully saturated rings. The Morgan fingerprint density at radius 3 is 2.67 bits per heavy atom. The van der Waals surface area contributed by atoms with E-state index in [4.69, 9.17) is 5.11 Å². The van der Waals surface area contributed by atoms with E-state index in [9.17, 15) is 9.59 Å². The van der Waals surface area contributed by atoms with Gasteiger partial charge in [-0.2, -0.15) is 0 Å². The molecule has 0 unspecified atom stereocenters. The van der Waals surface area contributed by atoms with E-state index < -0.39 is 0 Å². The van der Waals surface area contributed by atoms with Gasteiger partial charge in [0.15, 0.2) is 5.78 Å². The van der Waals surface area contributed by atoms with Crippen molar-refractivity contribution in [2.24, 2.45) is 0 Å². The van der Waals surface area contributed by atoms with Crippen LogP contribution < -0.4 is 16.2 Å². The molecule has 0 aromatic carbocycles. The molecule has 2 aromatic rings. The molecule has 2 aromatic heterocycles. The zero-order valence-electron chi connectivity index (χ0n) is 15.3. The Bertz CT molecular complexity index is 947. The molecular formula is C19H23N5O3. The van der Waals surface area contributed by atoms with Crippen LogP contribution in [-0.4, -0.2) is 38.6 Å². The van der Waals surface area contributed by atoms with Gasteiger partial charge in [0.05, 0.1) is 17.8 Å². The number of hydrogen-bond donors (Lipinski definition) is 3. The third-order valence-electron chi connectivity index (χ3n) is 5.50. The minimum atomic E-state index is -0.356. The third kappa shape index (κ3) is 2.99. The number of aromatic nitrogens is 3. The maximum atomic E-state index is 13.2. The van der Waals surface area contributed by atoms with Crippen LogP contribution in [0.15, 0.2) is 23.3 Å². The van der Waals surface area contributed by atoms with Gasteiger partial charge < -0.3 is 15.7 Å². The Hall–Kier alpha value is -2.74. The minimum absolute atomic E-state index is 0.00571. The van der Waals surface area contributed by atoms with E-state index in [1.807, 2.05) is 6.92 Å². The van der Waals surface area contributed by atoms with Crippen molar-refractivity contribution in [2.45, 2.75) is 44.6 Å². The van der Waals surface area contributed by atoms with Crippen molar-refractivity contribution in [1.82, 2.24) is 14.5 Å². The Morgan fingerprint density at radius 2 is 1.93 bits per heavy atom. The average molecular weight is 369 g/mol. The molecule has 0 saturated heterocycles. The molecule has 27 heavy (non-hydrogen) atoms. The smallest absolute Gasteiger partial charge is 0.275 e. The first-order chi connectivity index (χ1) is 13.0. The van der Waals surface area contributed by atoms with Crippen molar-refractivity contribution in [3.05, 3.63) is 40.1 Å². The van der Waals surface area contributed by atoms with Crippen molar-refractivity contribution >= 4 is 23.1 Å². The zero-order chi connectivity index (χ0) is 19.0. The normalized spacial score (nSPS) is 17.3. The van der Waals surface area contributed by atoms with Crippen molar-refractivity contribution in [1.29, 1.82) is 0 Å². The predicted molar refractivity (Wildman–Crippen MR) is 102 cm³/mol. The highest BCUT2D eigenvalue weighted by Gasteiger charge is 2.46. The van der Waals surface area contributed by atoms with Crippen LogP contribution in [0.5, 0.6) is 0 Å². The number of Topliss-reactive ketones (excluding diaryl/α,β-unsaturated/α-hetero) is 1. The lowest BCUT2D eigenvalue weighted by atomic mass is 9.94. The van der Waals surface area contributed by atoms with Crippen molar-refractivity contribution < 1.29 is 9.90 Å². The van der Waals surface area contributed by atoms with Gasteiger partial charge in [0, 0.05) is 19.0 Å². The molecule has 8 heteroatoms. The molecule has 2 aliphatic rings. The number of aliphatic hydroxyl groups is 1. The van der Waals surface area contributed by atoms with Gasteiger partial charge in [0.1, 0.15) is 23.7 Å². The first-order valence-corrected chi connectivity index (χ1v) is 9.28. The SMILES string of the molecule is Cc1cc(Nc2cc(NCCO)ncn2)c(=O)n2c1C(=O)CC21CCCC1. The second kappa shape index (κ2) is 6.77. The van der Waals surface area contributed by atoms with E-state index in [1.165, 1.54) is 6.33 Å². The van der Waals surface area contributed by atoms with Crippen LogP contribution in [-0.2, 0) is 5.54 Å². The topological polar surface area (TPSA) is 109 Å². The van der Waals surface area contributed by atoms with E-state index in [0.29, 0.717) is 36.0 Å². The van der Waals surface area contributed by atoms with Gasteiger partial charge in [-0.05, 0) is 31.4 Å². The fourth-order valence-electron chi connectivity index (χ4n) is 4.37. The molecule has 1 aliphatic carbocycles. The molecule has 4 rings (SSSR count). The largest absolute Gasteiger partial charge is 0.395 e. The van der Waals surface area contributed by atoms with Crippen LogP contribution in [0.2, 0.25) is 0 Å². The molecule has 0 bridgehead atoms. The van der Waals surface area contributed by atoms with E-state index in [-0.39, 0.29) is 23.5 Å². The summed E-state index contributed by atoms with van der Waals surface area (Å²) in [6, 6.07) is 3.40. The van der Waals surface area contributed by atoms with Gasteiger partial charge in [0.2, 0.25) is 0 Å². The standard InChI is InChI=1S/C19H23N5O3/c1-12-8-13(23-16-9-15(20-6-7-25)21-11-22-16)18(27)24-17(12)14(26)10-19(24)4-2-3-5-19/h8-9,11,25H,2-7,10H2,1H3,(H2,20,21,22,23). The Kier molecular flexibility index (Phi) is 4.43. The lowest BCUT2D eigenvalue weighted by Gasteiger charge is -2.26. The number of ketones is 1. The summed E-state index contributed by atoms with van der Waals surface area (Å²) in [6.07, 6.45) is 5.65. The van der Waals surface area contributed by atoms with Gasteiger partial charge in [-0.15, -0.1) is 0 Å². The van der Waals surface area contributed by atoms with E-state index in [0.717, 1.165) is 31.2 Å². The Labute approximate surface area is 156 Å².